The van der Waals surface area contributed by atoms with E-state index in [4.69, 9.17) is 0 Å². The highest BCUT2D eigenvalue weighted by molar-refractivity contribution is 5.84. The summed E-state index contributed by atoms with van der Waals surface area (Å²) in [4.78, 5) is 22.9. The third-order valence-electron chi connectivity index (χ3n) is 10.1. The maximum Gasteiger partial charge on any atom is 0.145 e. The highest BCUT2D eigenvalue weighted by Gasteiger charge is 2.69. The van der Waals surface area contributed by atoms with Gasteiger partial charge in [-0.1, -0.05) is 58.8 Å². The molecule has 0 heterocycles. The third-order valence-corrected chi connectivity index (χ3v) is 10.1. The maximum atomic E-state index is 12.4. The summed E-state index contributed by atoms with van der Waals surface area (Å²) in [6.45, 7) is 18.3. The zero-order valence-corrected chi connectivity index (χ0v) is 21.5. The first-order chi connectivity index (χ1) is 14.3. The lowest BCUT2D eigenvalue weighted by atomic mass is 9.49. The summed E-state index contributed by atoms with van der Waals surface area (Å²) in [6, 6.07) is 0. The number of ketones is 1. The van der Waals surface area contributed by atoms with Gasteiger partial charge in [0.15, 0.2) is 0 Å². The number of carbonyl (C=O) groups excluding carboxylic acids is 2. The standard InChI is InChI=1S/C15H24O.C14H22O/c1-13(2)7-6-11(16)12-14(3,4)10-5-8-15(12,13)9-10;1-11(10-15)7-8-13-12(2)6-5-9-14(13,3)4/h10,12H,5-9H2,1-4H3;7,10H,5-6,8-9H2,1-4H3. The van der Waals surface area contributed by atoms with Gasteiger partial charge in [-0.15, -0.1) is 0 Å². The molecule has 31 heavy (non-hydrogen) atoms. The van der Waals surface area contributed by atoms with Crippen molar-refractivity contribution in [3.63, 3.8) is 0 Å². The van der Waals surface area contributed by atoms with Gasteiger partial charge < -0.3 is 0 Å². The molecule has 174 valence electrons. The number of hydrogen-bond acceptors (Lipinski definition) is 2. The van der Waals surface area contributed by atoms with Crippen LogP contribution in [0, 0.1) is 33.5 Å². The molecule has 0 aromatic carbocycles. The summed E-state index contributed by atoms with van der Waals surface area (Å²) >= 11 is 0. The summed E-state index contributed by atoms with van der Waals surface area (Å²) in [5, 5.41) is 0. The van der Waals surface area contributed by atoms with Crippen LogP contribution >= 0.6 is 0 Å². The summed E-state index contributed by atoms with van der Waals surface area (Å²) < 4.78 is 0. The first kappa shape index (κ1) is 24.5. The molecule has 3 fully saturated rings. The van der Waals surface area contributed by atoms with Gasteiger partial charge in [0, 0.05) is 12.3 Å². The third kappa shape index (κ3) is 4.13. The van der Waals surface area contributed by atoms with Gasteiger partial charge in [0.2, 0.25) is 0 Å². The molecule has 2 nitrogen and oxygen atoms in total. The molecule has 0 aromatic rings. The van der Waals surface area contributed by atoms with Crippen LogP contribution in [0.1, 0.15) is 113 Å². The van der Waals surface area contributed by atoms with Crippen molar-refractivity contribution < 1.29 is 9.59 Å². The number of carbonyl (C=O) groups is 2. The Kier molecular flexibility index (Phi) is 6.55. The zero-order valence-electron chi connectivity index (χ0n) is 21.5. The van der Waals surface area contributed by atoms with E-state index in [1.165, 1.54) is 49.7 Å². The van der Waals surface area contributed by atoms with Crippen molar-refractivity contribution in [2.75, 3.05) is 0 Å². The molecule has 4 aliphatic carbocycles. The van der Waals surface area contributed by atoms with Crippen LogP contribution in [0.25, 0.3) is 0 Å². The van der Waals surface area contributed by atoms with Crippen molar-refractivity contribution in [2.45, 2.75) is 113 Å². The quantitative estimate of drug-likeness (QED) is 0.261. The summed E-state index contributed by atoms with van der Waals surface area (Å²) in [6.07, 6.45) is 13.7. The van der Waals surface area contributed by atoms with E-state index in [1.54, 1.807) is 0 Å². The molecular weight excluding hydrogens is 380 g/mol. The van der Waals surface area contributed by atoms with Crippen molar-refractivity contribution >= 4 is 12.1 Å². The molecule has 0 amide bonds. The summed E-state index contributed by atoms with van der Waals surface area (Å²) in [5.74, 6) is 1.74. The predicted molar refractivity (Wildman–Crippen MR) is 130 cm³/mol. The van der Waals surface area contributed by atoms with Crippen molar-refractivity contribution in [3.05, 3.63) is 22.8 Å². The van der Waals surface area contributed by atoms with Gasteiger partial charge in [-0.05, 0) is 98.4 Å². The van der Waals surface area contributed by atoms with Gasteiger partial charge >= 0.3 is 0 Å². The van der Waals surface area contributed by atoms with E-state index in [9.17, 15) is 9.59 Å². The first-order valence-electron chi connectivity index (χ1n) is 12.6. The molecule has 2 bridgehead atoms. The van der Waals surface area contributed by atoms with Crippen LogP contribution in [0.15, 0.2) is 22.8 Å². The average molecular weight is 427 g/mol. The van der Waals surface area contributed by atoms with Crippen LogP contribution in [0.4, 0.5) is 0 Å². The van der Waals surface area contributed by atoms with Crippen molar-refractivity contribution in [2.24, 2.45) is 33.5 Å². The molecule has 4 rings (SSSR count). The Morgan fingerprint density at radius 3 is 2.29 bits per heavy atom. The Labute approximate surface area is 191 Å². The number of aldehydes is 1. The lowest BCUT2D eigenvalue weighted by Crippen LogP contribution is -2.52. The van der Waals surface area contributed by atoms with E-state index >= 15 is 0 Å². The smallest absolute Gasteiger partial charge is 0.145 e. The molecule has 0 aliphatic heterocycles. The fourth-order valence-corrected chi connectivity index (χ4v) is 7.91. The fraction of sp³-hybridized carbons (Fsp3) is 0.793. The van der Waals surface area contributed by atoms with Gasteiger partial charge in [0.25, 0.3) is 0 Å². The lowest BCUT2D eigenvalue weighted by molar-refractivity contribution is -0.146. The SMILES string of the molecule is CC(C=O)=CCC1=C(C)CCCC1(C)C.CC1(C)C2CCC3(C2)C1C(=O)CCC3(C)C. The average Bonchev–Trinajstić information content (AvgIpc) is 3.21. The Bertz CT molecular complexity index is 792. The van der Waals surface area contributed by atoms with Crippen LogP contribution < -0.4 is 0 Å². The molecule has 0 aromatic heterocycles. The molecule has 0 radical (unpaired) electrons. The Balaban J connectivity index is 0.000000176. The molecule has 3 saturated carbocycles. The van der Waals surface area contributed by atoms with Crippen LogP contribution in [0.2, 0.25) is 0 Å². The van der Waals surface area contributed by atoms with Crippen LogP contribution in [-0.2, 0) is 9.59 Å². The molecule has 3 atom stereocenters. The van der Waals surface area contributed by atoms with Crippen LogP contribution in [-0.4, -0.2) is 12.1 Å². The highest BCUT2D eigenvalue weighted by Crippen LogP contribution is 2.74. The molecule has 1 spiro atoms. The molecule has 4 aliphatic rings. The largest absolute Gasteiger partial charge is 0.299 e. The Morgan fingerprint density at radius 1 is 1.03 bits per heavy atom. The second-order valence-electron chi connectivity index (χ2n) is 13.0. The predicted octanol–water partition coefficient (Wildman–Crippen LogP) is 7.87. The Morgan fingerprint density at radius 2 is 1.71 bits per heavy atom. The normalized spacial score (nSPS) is 35.4. The fourth-order valence-electron chi connectivity index (χ4n) is 7.91. The van der Waals surface area contributed by atoms with Gasteiger partial charge in [0.1, 0.15) is 12.1 Å². The Hall–Kier alpha value is -1.18. The minimum absolute atomic E-state index is 0.271. The van der Waals surface area contributed by atoms with Gasteiger partial charge in [-0.2, -0.15) is 0 Å². The minimum Gasteiger partial charge on any atom is -0.299 e. The monoisotopic (exact) mass is 426 g/mol. The minimum atomic E-state index is 0.271. The summed E-state index contributed by atoms with van der Waals surface area (Å²) in [7, 11) is 0. The zero-order chi connectivity index (χ0) is 23.2. The molecule has 3 unspecified atom stereocenters. The maximum absolute atomic E-state index is 12.4. The van der Waals surface area contributed by atoms with Crippen LogP contribution in [0.3, 0.4) is 0 Å². The van der Waals surface area contributed by atoms with Crippen molar-refractivity contribution in [1.29, 1.82) is 0 Å². The number of rotatable bonds is 3. The molecule has 2 heteroatoms. The summed E-state index contributed by atoms with van der Waals surface area (Å²) in [5.41, 5.74) is 5.24. The van der Waals surface area contributed by atoms with Crippen molar-refractivity contribution in [1.82, 2.24) is 0 Å². The van der Waals surface area contributed by atoms with E-state index in [-0.39, 0.29) is 5.41 Å². The van der Waals surface area contributed by atoms with Gasteiger partial charge in [0.05, 0.1) is 0 Å². The van der Waals surface area contributed by atoms with E-state index in [0.29, 0.717) is 27.9 Å². The lowest BCUT2D eigenvalue weighted by Gasteiger charge is -2.54. The highest BCUT2D eigenvalue weighted by atomic mass is 16.1. The number of Topliss-reactive ketones (excluding diaryl/α,β-unsaturated/α-hetero) is 1. The molecular formula is C29H46O2. The first-order valence-corrected chi connectivity index (χ1v) is 12.6. The van der Waals surface area contributed by atoms with Crippen molar-refractivity contribution in [3.8, 4) is 0 Å². The number of hydrogen-bond donors (Lipinski definition) is 0. The van der Waals surface area contributed by atoms with Gasteiger partial charge in [-0.25, -0.2) is 0 Å². The van der Waals surface area contributed by atoms with E-state index < -0.39 is 0 Å². The van der Waals surface area contributed by atoms with Gasteiger partial charge in [-0.3, -0.25) is 9.59 Å². The number of allylic oxidation sites excluding steroid dienone is 4. The molecule has 0 saturated heterocycles. The molecule has 0 N–H and O–H groups in total. The van der Waals surface area contributed by atoms with E-state index in [0.717, 1.165) is 37.0 Å². The van der Waals surface area contributed by atoms with E-state index in [2.05, 4.69) is 54.5 Å². The second-order valence-corrected chi connectivity index (χ2v) is 13.0. The number of fused-ring (bicyclic) bond motifs is 1. The van der Waals surface area contributed by atoms with E-state index in [1.807, 2.05) is 6.92 Å². The van der Waals surface area contributed by atoms with Crippen LogP contribution in [0.5, 0.6) is 0 Å². The second kappa shape index (κ2) is 8.31. The topological polar surface area (TPSA) is 34.1 Å².